The molecule has 0 N–H and O–H groups in total. The summed E-state index contributed by atoms with van der Waals surface area (Å²) >= 11 is 6.22. The lowest BCUT2D eigenvalue weighted by Crippen LogP contribution is -2.15. The Balaban J connectivity index is 1.98. The Hall–Kier alpha value is -0.950. The van der Waals surface area contributed by atoms with Crippen LogP contribution in [-0.2, 0) is 0 Å². The zero-order valence-corrected chi connectivity index (χ0v) is 11.0. The maximum atomic E-state index is 6.22. The third kappa shape index (κ3) is 1.97. The van der Waals surface area contributed by atoms with Crippen LogP contribution in [0, 0.1) is 5.92 Å². The smallest absolute Gasteiger partial charge is 0.0499 e. The standard InChI is InChI=1S/C15H18ClN/c1-11-5-7-12(8-6-11)17-10-9-13-14(16)3-2-4-15(13)17/h2-4,9-12H,5-8H2,1H3. The molecule has 1 fully saturated rings. The number of aromatic nitrogens is 1. The molecule has 0 aliphatic heterocycles. The van der Waals surface area contributed by atoms with Gasteiger partial charge in [0.15, 0.2) is 0 Å². The molecular formula is C15H18ClN. The number of nitrogens with zero attached hydrogens (tertiary/aromatic N) is 1. The van der Waals surface area contributed by atoms with Gasteiger partial charge in [0.1, 0.15) is 0 Å². The summed E-state index contributed by atoms with van der Waals surface area (Å²) in [5.41, 5.74) is 1.29. The Morgan fingerprint density at radius 2 is 1.88 bits per heavy atom. The fourth-order valence-electron chi connectivity index (χ4n) is 2.99. The van der Waals surface area contributed by atoms with Crippen molar-refractivity contribution in [3.05, 3.63) is 35.5 Å². The molecule has 0 radical (unpaired) electrons. The fraction of sp³-hybridized carbons (Fsp3) is 0.467. The van der Waals surface area contributed by atoms with E-state index in [1.165, 1.54) is 36.6 Å². The summed E-state index contributed by atoms with van der Waals surface area (Å²) in [6, 6.07) is 9.01. The molecule has 1 nitrogen and oxygen atoms in total. The average molecular weight is 248 g/mol. The van der Waals surface area contributed by atoms with Gasteiger partial charge >= 0.3 is 0 Å². The average Bonchev–Trinajstić information content (AvgIpc) is 2.75. The highest BCUT2D eigenvalue weighted by atomic mass is 35.5. The molecule has 0 amide bonds. The largest absolute Gasteiger partial charge is 0.344 e. The highest BCUT2D eigenvalue weighted by Gasteiger charge is 2.20. The van der Waals surface area contributed by atoms with Crippen molar-refractivity contribution in [3.8, 4) is 0 Å². The van der Waals surface area contributed by atoms with Gasteiger partial charge in [0.05, 0.1) is 0 Å². The molecule has 0 saturated heterocycles. The third-order valence-corrected chi connectivity index (χ3v) is 4.42. The lowest BCUT2D eigenvalue weighted by Gasteiger charge is -2.28. The van der Waals surface area contributed by atoms with E-state index in [0.29, 0.717) is 6.04 Å². The molecule has 0 atom stereocenters. The van der Waals surface area contributed by atoms with E-state index in [4.69, 9.17) is 11.6 Å². The van der Waals surface area contributed by atoms with E-state index < -0.39 is 0 Å². The van der Waals surface area contributed by atoms with Crippen molar-refractivity contribution in [3.63, 3.8) is 0 Å². The minimum absolute atomic E-state index is 0.669. The van der Waals surface area contributed by atoms with Crippen LogP contribution in [0.4, 0.5) is 0 Å². The van der Waals surface area contributed by atoms with Crippen molar-refractivity contribution in [2.45, 2.75) is 38.6 Å². The van der Waals surface area contributed by atoms with Crippen LogP contribution in [0.25, 0.3) is 10.9 Å². The number of rotatable bonds is 1. The van der Waals surface area contributed by atoms with E-state index in [0.717, 1.165) is 10.9 Å². The Kier molecular flexibility index (Phi) is 2.87. The lowest BCUT2D eigenvalue weighted by atomic mass is 9.87. The maximum Gasteiger partial charge on any atom is 0.0499 e. The number of hydrogen-bond donors (Lipinski definition) is 0. The summed E-state index contributed by atoms with van der Waals surface area (Å²) in [6.07, 6.45) is 7.52. The molecule has 2 heteroatoms. The zero-order valence-electron chi connectivity index (χ0n) is 10.2. The number of fused-ring (bicyclic) bond motifs is 1. The van der Waals surface area contributed by atoms with Crippen molar-refractivity contribution >= 4 is 22.5 Å². The van der Waals surface area contributed by atoms with Crippen LogP contribution >= 0.6 is 11.6 Å². The van der Waals surface area contributed by atoms with Crippen LogP contribution in [-0.4, -0.2) is 4.57 Å². The van der Waals surface area contributed by atoms with Crippen LogP contribution in [0.3, 0.4) is 0 Å². The Morgan fingerprint density at radius 1 is 1.12 bits per heavy atom. The van der Waals surface area contributed by atoms with Gasteiger partial charge in [0.25, 0.3) is 0 Å². The number of halogens is 1. The van der Waals surface area contributed by atoms with E-state index in [9.17, 15) is 0 Å². The second-order valence-electron chi connectivity index (χ2n) is 5.31. The number of benzene rings is 1. The van der Waals surface area contributed by atoms with Gasteiger partial charge in [-0.15, -0.1) is 0 Å². The molecule has 1 aromatic carbocycles. The van der Waals surface area contributed by atoms with Crippen molar-refractivity contribution in [1.82, 2.24) is 4.57 Å². The second kappa shape index (κ2) is 4.38. The normalized spacial score (nSPS) is 25.3. The first kappa shape index (κ1) is 11.2. The first-order valence-corrected chi connectivity index (χ1v) is 6.88. The molecular weight excluding hydrogens is 230 g/mol. The van der Waals surface area contributed by atoms with E-state index in [1.54, 1.807) is 0 Å². The predicted molar refractivity (Wildman–Crippen MR) is 73.6 cm³/mol. The summed E-state index contributed by atoms with van der Waals surface area (Å²) in [4.78, 5) is 0. The molecule has 3 rings (SSSR count). The van der Waals surface area contributed by atoms with E-state index >= 15 is 0 Å². The van der Waals surface area contributed by atoms with Gasteiger partial charge in [-0.2, -0.15) is 0 Å². The summed E-state index contributed by atoms with van der Waals surface area (Å²) in [5, 5.41) is 2.05. The van der Waals surface area contributed by atoms with Crippen molar-refractivity contribution in [2.75, 3.05) is 0 Å². The third-order valence-electron chi connectivity index (χ3n) is 4.09. The second-order valence-corrected chi connectivity index (χ2v) is 5.72. The van der Waals surface area contributed by atoms with Gasteiger partial charge in [0, 0.05) is 28.2 Å². The Morgan fingerprint density at radius 3 is 2.65 bits per heavy atom. The van der Waals surface area contributed by atoms with Gasteiger partial charge in [-0.05, 0) is 49.8 Å². The first-order valence-electron chi connectivity index (χ1n) is 6.51. The highest BCUT2D eigenvalue weighted by molar-refractivity contribution is 6.35. The topological polar surface area (TPSA) is 4.93 Å². The van der Waals surface area contributed by atoms with Crippen molar-refractivity contribution < 1.29 is 0 Å². The first-order chi connectivity index (χ1) is 8.25. The minimum atomic E-state index is 0.669. The molecule has 0 bridgehead atoms. The highest BCUT2D eigenvalue weighted by Crippen LogP contribution is 2.35. The minimum Gasteiger partial charge on any atom is -0.344 e. The quantitative estimate of drug-likeness (QED) is 0.665. The summed E-state index contributed by atoms with van der Waals surface area (Å²) < 4.78 is 2.42. The van der Waals surface area contributed by atoms with Gasteiger partial charge in [-0.3, -0.25) is 0 Å². The van der Waals surface area contributed by atoms with Gasteiger partial charge < -0.3 is 4.57 Å². The Bertz CT molecular complexity index is 521. The Labute approximate surface area is 107 Å². The van der Waals surface area contributed by atoms with E-state index in [2.05, 4.69) is 29.8 Å². The summed E-state index contributed by atoms with van der Waals surface area (Å²) in [5.74, 6) is 0.900. The summed E-state index contributed by atoms with van der Waals surface area (Å²) in [7, 11) is 0. The molecule has 1 saturated carbocycles. The maximum absolute atomic E-state index is 6.22. The van der Waals surface area contributed by atoms with Gasteiger partial charge in [0.2, 0.25) is 0 Å². The molecule has 1 aliphatic carbocycles. The molecule has 2 aromatic rings. The van der Waals surface area contributed by atoms with E-state index in [-0.39, 0.29) is 0 Å². The summed E-state index contributed by atoms with van der Waals surface area (Å²) in [6.45, 7) is 2.36. The SMILES string of the molecule is CC1CCC(n2ccc3c(Cl)cccc32)CC1. The molecule has 17 heavy (non-hydrogen) atoms. The van der Waals surface area contributed by atoms with Crippen molar-refractivity contribution in [1.29, 1.82) is 0 Å². The monoisotopic (exact) mass is 247 g/mol. The fourth-order valence-corrected chi connectivity index (χ4v) is 3.22. The van der Waals surface area contributed by atoms with Crippen LogP contribution < -0.4 is 0 Å². The molecule has 90 valence electrons. The van der Waals surface area contributed by atoms with Crippen LogP contribution in [0.2, 0.25) is 5.02 Å². The van der Waals surface area contributed by atoms with Crippen molar-refractivity contribution in [2.24, 2.45) is 5.92 Å². The molecule has 1 heterocycles. The zero-order chi connectivity index (χ0) is 11.8. The molecule has 0 spiro atoms. The lowest BCUT2D eigenvalue weighted by molar-refractivity contribution is 0.294. The molecule has 0 unspecified atom stereocenters. The van der Waals surface area contributed by atoms with Crippen LogP contribution in [0.5, 0.6) is 0 Å². The molecule has 1 aliphatic rings. The van der Waals surface area contributed by atoms with Gasteiger partial charge in [-0.25, -0.2) is 0 Å². The molecule has 1 aromatic heterocycles. The van der Waals surface area contributed by atoms with Gasteiger partial charge in [-0.1, -0.05) is 24.6 Å². The predicted octanol–water partition coefficient (Wildman–Crippen LogP) is 5.05. The van der Waals surface area contributed by atoms with E-state index in [1.807, 2.05) is 12.1 Å². The van der Waals surface area contributed by atoms with Crippen LogP contribution in [0.1, 0.15) is 38.6 Å². The number of hydrogen-bond acceptors (Lipinski definition) is 0. The van der Waals surface area contributed by atoms with Crippen LogP contribution in [0.15, 0.2) is 30.5 Å².